The molecule has 1 aliphatic heterocycles. The molecule has 0 fully saturated rings. The van der Waals surface area contributed by atoms with Crippen molar-refractivity contribution in [2.24, 2.45) is 0 Å². The van der Waals surface area contributed by atoms with E-state index in [0.29, 0.717) is 11.4 Å². The molecule has 3 rings (SSSR count). The Bertz CT molecular complexity index is 837. The molecular formula is C18H15N3O3S. The first-order valence-corrected chi connectivity index (χ1v) is 7.87. The van der Waals surface area contributed by atoms with Gasteiger partial charge in [-0.15, -0.1) is 0 Å². The summed E-state index contributed by atoms with van der Waals surface area (Å²) in [6, 6.07) is 18.2. The highest BCUT2D eigenvalue weighted by molar-refractivity contribution is 7.81. The Morgan fingerprint density at radius 3 is 2.12 bits per heavy atom. The van der Waals surface area contributed by atoms with E-state index in [1.807, 2.05) is 36.4 Å². The van der Waals surface area contributed by atoms with E-state index < -0.39 is 11.9 Å². The number of esters is 1. The quantitative estimate of drug-likeness (QED) is 0.675. The number of benzene rings is 2. The van der Waals surface area contributed by atoms with Gasteiger partial charge >= 0.3 is 5.97 Å². The van der Waals surface area contributed by atoms with Crippen LogP contribution in [0.15, 0.2) is 72.4 Å². The molecule has 0 bridgehead atoms. The van der Waals surface area contributed by atoms with Gasteiger partial charge in [0.1, 0.15) is 5.70 Å². The summed E-state index contributed by atoms with van der Waals surface area (Å²) in [7, 11) is 1.25. The molecule has 2 aromatic carbocycles. The van der Waals surface area contributed by atoms with Crippen molar-refractivity contribution in [2.45, 2.75) is 0 Å². The number of methoxy groups -OCH3 is 1. The zero-order chi connectivity index (χ0) is 17.8. The summed E-state index contributed by atoms with van der Waals surface area (Å²) >= 11 is 5.54. The maximum atomic E-state index is 12.7. The zero-order valence-electron chi connectivity index (χ0n) is 13.4. The third-order valence-corrected chi connectivity index (χ3v) is 3.90. The van der Waals surface area contributed by atoms with Crippen LogP contribution in [0.25, 0.3) is 0 Å². The fourth-order valence-electron chi connectivity index (χ4n) is 2.36. The summed E-state index contributed by atoms with van der Waals surface area (Å²) in [6.45, 7) is 0. The van der Waals surface area contributed by atoms with Crippen LogP contribution in [-0.4, -0.2) is 24.1 Å². The van der Waals surface area contributed by atoms with E-state index in [9.17, 15) is 9.59 Å². The smallest absolute Gasteiger partial charge is 0.356 e. The predicted molar refractivity (Wildman–Crippen MR) is 98.7 cm³/mol. The molecule has 6 nitrogen and oxygen atoms in total. The third kappa shape index (κ3) is 3.36. The number of nitrogens with one attached hydrogen (secondary N) is 1. The highest BCUT2D eigenvalue weighted by Gasteiger charge is 2.31. The molecule has 1 aliphatic rings. The number of amides is 1. The van der Waals surface area contributed by atoms with Crippen molar-refractivity contribution in [1.82, 2.24) is 5.43 Å². The van der Waals surface area contributed by atoms with Gasteiger partial charge in [-0.3, -0.25) is 15.1 Å². The van der Waals surface area contributed by atoms with Gasteiger partial charge < -0.3 is 4.74 Å². The van der Waals surface area contributed by atoms with E-state index in [2.05, 4.69) is 5.43 Å². The van der Waals surface area contributed by atoms with Crippen LogP contribution in [0.3, 0.4) is 0 Å². The second-order valence-corrected chi connectivity index (χ2v) is 5.49. The lowest BCUT2D eigenvalue weighted by atomic mass is 10.3. The number of anilines is 2. The lowest BCUT2D eigenvalue weighted by Crippen LogP contribution is -2.50. The van der Waals surface area contributed by atoms with Crippen LogP contribution in [-0.2, 0) is 14.3 Å². The summed E-state index contributed by atoms with van der Waals surface area (Å²) in [5, 5.41) is 1.69. The molecular weight excluding hydrogens is 338 g/mol. The molecule has 1 heterocycles. The predicted octanol–water partition coefficient (Wildman–Crippen LogP) is 2.39. The molecule has 0 atom stereocenters. The Kier molecular flexibility index (Phi) is 4.76. The van der Waals surface area contributed by atoms with Crippen molar-refractivity contribution in [2.75, 3.05) is 17.0 Å². The molecule has 0 radical (unpaired) electrons. The minimum absolute atomic E-state index is 0.00265. The molecule has 0 unspecified atom stereocenters. The maximum Gasteiger partial charge on any atom is 0.356 e. The van der Waals surface area contributed by atoms with Gasteiger partial charge in [-0.05, 0) is 36.5 Å². The number of ether oxygens (including phenoxy) is 1. The number of hydrogen-bond donors (Lipinski definition) is 1. The molecule has 1 N–H and O–H groups in total. The van der Waals surface area contributed by atoms with E-state index in [4.69, 9.17) is 17.0 Å². The molecule has 0 aromatic heterocycles. The maximum absolute atomic E-state index is 12.7. The van der Waals surface area contributed by atoms with E-state index in [1.165, 1.54) is 23.1 Å². The number of rotatable bonds is 3. The van der Waals surface area contributed by atoms with Crippen LogP contribution in [0.2, 0.25) is 0 Å². The van der Waals surface area contributed by atoms with Crippen molar-refractivity contribution < 1.29 is 14.3 Å². The molecule has 0 saturated carbocycles. The normalized spacial score (nSPS) is 14.5. The second-order valence-electron chi connectivity index (χ2n) is 5.12. The number of carbonyl (C=O) groups excluding carboxylic acids is 2. The Hall–Kier alpha value is -3.19. The van der Waals surface area contributed by atoms with Crippen LogP contribution in [0, 0.1) is 0 Å². The van der Waals surface area contributed by atoms with Gasteiger partial charge in [-0.2, -0.15) is 0 Å². The minimum Gasteiger partial charge on any atom is -0.464 e. The van der Waals surface area contributed by atoms with Gasteiger partial charge in [0.05, 0.1) is 18.5 Å². The topological polar surface area (TPSA) is 61.9 Å². The third-order valence-electron chi connectivity index (χ3n) is 3.54. The van der Waals surface area contributed by atoms with Crippen LogP contribution in [0.1, 0.15) is 0 Å². The highest BCUT2D eigenvalue weighted by atomic mass is 32.1. The first kappa shape index (κ1) is 16.7. The largest absolute Gasteiger partial charge is 0.464 e. The summed E-state index contributed by atoms with van der Waals surface area (Å²) in [5.41, 5.74) is 4.15. The Balaban J connectivity index is 2.10. The summed E-state index contributed by atoms with van der Waals surface area (Å²) in [4.78, 5) is 26.1. The number of hydrazine groups is 1. The van der Waals surface area contributed by atoms with E-state index in [0.717, 1.165) is 0 Å². The van der Waals surface area contributed by atoms with Gasteiger partial charge in [0.25, 0.3) is 5.91 Å². The highest BCUT2D eigenvalue weighted by Crippen LogP contribution is 2.23. The molecule has 126 valence electrons. The molecule has 0 spiro atoms. The molecule has 7 heteroatoms. The summed E-state index contributed by atoms with van der Waals surface area (Å²) in [5.74, 6) is -1.10. The first-order valence-electron chi connectivity index (χ1n) is 7.47. The van der Waals surface area contributed by atoms with Gasteiger partial charge in [0.15, 0.2) is 0 Å². The van der Waals surface area contributed by atoms with Crippen molar-refractivity contribution in [3.05, 3.63) is 72.4 Å². The Morgan fingerprint density at radius 2 is 1.56 bits per heavy atom. The van der Waals surface area contributed by atoms with Gasteiger partial charge in [0, 0.05) is 6.08 Å². The Labute approximate surface area is 150 Å². The lowest BCUT2D eigenvalue weighted by Gasteiger charge is -2.30. The summed E-state index contributed by atoms with van der Waals surface area (Å²) in [6.07, 6.45) is 1.17. The van der Waals surface area contributed by atoms with Gasteiger partial charge in [-0.25, -0.2) is 9.80 Å². The van der Waals surface area contributed by atoms with Crippen molar-refractivity contribution in [3.63, 3.8) is 0 Å². The number of thiocarbonyl (C=S) groups is 1. The van der Waals surface area contributed by atoms with Crippen molar-refractivity contribution in [3.8, 4) is 0 Å². The van der Waals surface area contributed by atoms with Crippen LogP contribution < -0.4 is 15.3 Å². The number of carbonyl (C=O) groups is 2. The monoisotopic (exact) mass is 353 g/mol. The molecule has 0 saturated heterocycles. The van der Waals surface area contributed by atoms with Crippen LogP contribution in [0.4, 0.5) is 11.4 Å². The standard InChI is InChI=1S/C18H15N3O3S/c1-24-17(23)15-12-16(22)20(13-8-4-2-5-9-13)18(25)21(19-15)14-10-6-3-7-11-14/h2-12,19H,1H3. The van der Waals surface area contributed by atoms with Crippen molar-refractivity contribution >= 4 is 40.6 Å². The molecule has 2 aromatic rings. The average Bonchev–Trinajstić information content (AvgIpc) is 2.78. The van der Waals surface area contributed by atoms with Crippen molar-refractivity contribution in [1.29, 1.82) is 0 Å². The SMILES string of the molecule is COC(=O)C1=CC(=O)N(c2ccccc2)C(=S)N(c2ccccc2)N1. The fraction of sp³-hybridized carbons (Fsp3) is 0.0556. The summed E-state index contributed by atoms with van der Waals surface area (Å²) < 4.78 is 4.74. The van der Waals surface area contributed by atoms with Gasteiger partial charge in [0.2, 0.25) is 5.11 Å². The molecule has 1 amide bonds. The van der Waals surface area contributed by atoms with Gasteiger partial charge in [-0.1, -0.05) is 36.4 Å². The van der Waals surface area contributed by atoms with E-state index in [1.54, 1.807) is 24.3 Å². The average molecular weight is 353 g/mol. The second kappa shape index (κ2) is 7.14. The Morgan fingerprint density at radius 1 is 1.00 bits per heavy atom. The fourth-order valence-corrected chi connectivity index (χ4v) is 2.71. The van der Waals surface area contributed by atoms with Crippen LogP contribution in [0.5, 0.6) is 0 Å². The van der Waals surface area contributed by atoms with E-state index >= 15 is 0 Å². The molecule has 25 heavy (non-hydrogen) atoms. The zero-order valence-corrected chi connectivity index (χ0v) is 14.2. The number of nitrogens with zero attached hydrogens (tertiary/aromatic N) is 2. The van der Waals surface area contributed by atoms with E-state index in [-0.39, 0.29) is 10.8 Å². The molecule has 0 aliphatic carbocycles. The lowest BCUT2D eigenvalue weighted by molar-refractivity contribution is -0.136. The minimum atomic E-state index is -0.660. The first-order chi connectivity index (χ1) is 12.1. The number of hydrogen-bond acceptors (Lipinski definition) is 5. The number of para-hydroxylation sites is 2. The van der Waals surface area contributed by atoms with Crippen LogP contribution >= 0.6 is 12.2 Å².